The first kappa shape index (κ1) is 10.1. The summed E-state index contributed by atoms with van der Waals surface area (Å²) in [6, 6.07) is 1.78. The lowest BCUT2D eigenvalue weighted by molar-refractivity contribution is 0.303. The summed E-state index contributed by atoms with van der Waals surface area (Å²) >= 11 is 0. The van der Waals surface area contributed by atoms with Gasteiger partial charge < -0.3 is 5.32 Å². The first-order chi connectivity index (χ1) is 7.42. The Morgan fingerprint density at radius 3 is 2.13 bits per heavy atom. The smallest absolute Gasteiger partial charge is 0.0101 e. The summed E-state index contributed by atoms with van der Waals surface area (Å²) in [5.41, 5.74) is 0. The Kier molecular flexibility index (Phi) is 3.01. The zero-order valence-electron chi connectivity index (χ0n) is 9.88. The SMILES string of the molecule is C1CCCC(N[C@@H]2C[C@H]3CC[C@H]2C3)CC1. The zero-order chi connectivity index (χ0) is 10.1. The summed E-state index contributed by atoms with van der Waals surface area (Å²) in [6.45, 7) is 0. The molecule has 0 aromatic heterocycles. The molecule has 0 saturated heterocycles. The largest absolute Gasteiger partial charge is 0.311 e. The Balaban J connectivity index is 1.51. The molecule has 3 aliphatic carbocycles. The lowest BCUT2D eigenvalue weighted by atomic mass is 9.94. The first-order valence-corrected chi connectivity index (χ1v) is 7.18. The van der Waals surface area contributed by atoms with Crippen molar-refractivity contribution >= 4 is 0 Å². The molecule has 0 unspecified atom stereocenters. The Bertz CT molecular complexity index is 205. The molecule has 0 amide bonds. The minimum absolute atomic E-state index is 0.872. The van der Waals surface area contributed by atoms with Crippen molar-refractivity contribution in [3.8, 4) is 0 Å². The predicted molar refractivity (Wildman–Crippen MR) is 63.9 cm³/mol. The van der Waals surface area contributed by atoms with Crippen LogP contribution in [-0.4, -0.2) is 12.1 Å². The fourth-order valence-electron chi connectivity index (χ4n) is 4.20. The number of nitrogens with one attached hydrogen (secondary N) is 1. The number of rotatable bonds is 2. The number of hydrogen-bond acceptors (Lipinski definition) is 1. The van der Waals surface area contributed by atoms with E-state index in [0.29, 0.717) is 0 Å². The highest BCUT2D eigenvalue weighted by Gasteiger charge is 2.39. The third-order valence-corrected chi connectivity index (χ3v) is 5.04. The average Bonchev–Trinajstić information content (AvgIpc) is 2.75. The van der Waals surface area contributed by atoms with Gasteiger partial charge in [0.05, 0.1) is 0 Å². The normalized spacial score (nSPS) is 42.0. The van der Waals surface area contributed by atoms with Crippen molar-refractivity contribution in [2.75, 3.05) is 0 Å². The maximum absolute atomic E-state index is 3.99. The van der Waals surface area contributed by atoms with Gasteiger partial charge >= 0.3 is 0 Å². The molecule has 1 N–H and O–H groups in total. The summed E-state index contributed by atoms with van der Waals surface area (Å²) in [7, 11) is 0. The van der Waals surface area contributed by atoms with E-state index >= 15 is 0 Å². The van der Waals surface area contributed by atoms with Crippen molar-refractivity contribution < 1.29 is 0 Å². The van der Waals surface area contributed by atoms with E-state index in [9.17, 15) is 0 Å². The highest BCUT2D eigenvalue weighted by Crippen LogP contribution is 2.44. The van der Waals surface area contributed by atoms with Crippen LogP contribution < -0.4 is 5.32 Å². The lowest BCUT2D eigenvalue weighted by Gasteiger charge is -2.28. The van der Waals surface area contributed by atoms with Crippen LogP contribution in [0.1, 0.15) is 64.2 Å². The highest BCUT2D eigenvalue weighted by molar-refractivity contribution is 4.95. The van der Waals surface area contributed by atoms with E-state index in [2.05, 4.69) is 5.32 Å². The van der Waals surface area contributed by atoms with Gasteiger partial charge in [0.25, 0.3) is 0 Å². The molecule has 0 aromatic rings. The fraction of sp³-hybridized carbons (Fsp3) is 1.00. The van der Waals surface area contributed by atoms with E-state index in [4.69, 9.17) is 0 Å². The summed E-state index contributed by atoms with van der Waals surface area (Å²) in [6.07, 6.45) is 14.9. The third-order valence-electron chi connectivity index (χ3n) is 5.04. The van der Waals surface area contributed by atoms with Crippen LogP contribution in [-0.2, 0) is 0 Å². The van der Waals surface area contributed by atoms with Crippen LogP contribution in [0.15, 0.2) is 0 Å². The molecule has 0 spiro atoms. The Hall–Kier alpha value is -0.0400. The molecule has 15 heavy (non-hydrogen) atoms. The van der Waals surface area contributed by atoms with Crippen molar-refractivity contribution in [3.63, 3.8) is 0 Å². The van der Waals surface area contributed by atoms with Crippen LogP contribution in [0.25, 0.3) is 0 Å². The Morgan fingerprint density at radius 2 is 1.53 bits per heavy atom. The summed E-state index contributed by atoms with van der Waals surface area (Å²) in [4.78, 5) is 0. The van der Waals surface area contributed by atoms with E-state index in [1.54, 1.807) is 6.42 Å². The van der Waals surface area contributed by atoms with E-state index < -0.39 is 0 Å². The van der Waals surface area contributed by atoms with Crippen LogP contribution in [0.5, 0.6) is 0 Å². The first-order valence-electron chi connectivity index (χ1n) is 7.18. The molecule has 3 fully saturated rings. The van der Waals surface area contributed by atoms with Gasteiger partial charge in [-0.2, -0.15) is 0 Å². The third kappa shape index (κ3) is 2.22. The molecule has 3 atom stereocenters. The zero-order valence-corrected chi connectivity index (χ0v) is 9.88. The van der Waals surface area contributed by atoms with Crippen LogP contribution in [0.4, 0.5) is 0 Å². The molecular formula is C14H25N. The van der Waals surface area contributed by atoms with Gasteiger partial charge in [-0.05, 0) is 43.9 Å². The topological polar surface area (TPSA) is 12.0 Å². The maximum atomic E-state index is 3.99. The van der Waals surface area contributed by atoms with E-state index in [-0.39, 0.29) is 0 Å². The van der Waals surface area contributed by atoms with Crippen molar-refractivity contribution in [1.82, 2.24) is 5.32 Å². The van der Waals surface area contributed by atoms with Gasteiger partial charge in [-0.3, -0.25) is 0 Å². The summed E-state index contributed by atoms with van der Waals surface area (Å²) < 4.78 is 0. The molecule has 0 heterocycles. The lowest BCUT2D eigenvalue weighted by Crippen LogP contribution is -2.41. The van der Waals surface area contributed by atoms with E-state index in [1.807, 2.05) is 0 Å². The second-order valence-corrected chi connectivity index (χ2v) is 6.14. The van der Waals surface area contributed by atoms with Crippen LogP contribution in [0.3, 0.4) is 0 Å². The van der Waals surface area contributed by atoms with Gasteiger partial charge in [-0.25, -0.2) is 0 Å². The molecule has 3 aliphatic rings. The molecular weight excluding hydrogens is 182 g/mol. The van der Waals surface area contributed by atoms with Crippen molar-refractivity contribution in [3.05, 3.63) is 0 Å². The van der Waals surface area contributed by atoms with Gasteiger partial charge in [0.2, 0.25) is 0 Å². The molecule has 1 heteroatoms. The summed E-state index contributed by atoms with van der Waals surface area (Å²) in [5, 5.41) is 3.99. The van der Waals surface area contributed by atoms with Crippen LogP contribution >= 0.6 is 0 Å². The predicted octanol–water partition coefficient (Wildman–Crippen LogP) is 3.49. The van der Waals surface area contributed by atoms with E-state index in [0.717, 1.165) is 23.9 Å². The monoisotopic (exact) mass is 207 g/mol. The standard InChI is InChI=1S/C14H25N/c1-2-4-6-13(5-3-1)15-14-10-11-7-8-12(14)9-11/h11-15H,1-10H2/t11-,12-,14+/m0/s1. The van der Waals surface area contributed by atoms with Crippen molar-refractivity contribution in [2.45, 2.75) is 76.3 Å². The van der Waals surface area contributed by atoms with Gasteiger partial charge in [0, 0.05) is 12.1 Å². The molecule has 0 radical (unpaired) electrons. The molecule has 86 valence electrons. The van der Waals surface area contributed by atoms with E-state index in [1.165, 1.54) is 57.8 Å². The minimum atomic E-state index is 0.872. The minimum Gasteiger partial charge on any atom is -0.311 e. The Labute approximate surface area is 94.0 Å². The van der Waals surface area contributed by atoms with Crippen molar-refractivity contribution in [1.29, 1.82) is 0 Å². The highest BCUT2D eigenvalue weighted by atomic mass is 15.0. The second-order valence-electron chi connectivity index (χ2n) is 6.14. The van der Waals surface area contributed by atoms with Crippen LogP contribution in [0, 0.1) is 11.8 Å². The van der Waals surface area contributed by atoms with Gasteiger partial charge in [0.15, 0.2) is 0 Å². The Morgan fingerprint density at radius 1 is 0.733 bits per heavy atom. The molecule has 0 aliphatic heterocycles. The number of hydrogen-bond donors (Lipinski definition) is 1. The average molecular weight is 207 g/mol. The molecule has 2 bridgehead atoms. The fourth-order valence-corrected chi connectivity index (χ4v) is 4.20. The van der Waals surface area contributed by atoms with Gasteiger partial charge in [0.1, 0.15) is 0 Å². The van der Waals surface area contributed by atoms with Gasteiger partial charge in [-0.15, -0.1) is 0 Å². The molecule has 3 rings (SSSR count). The maximum Gasteiger partial charge on any atom is 0.0101 e. The van der Waals surface area contributed by atoms with Crippen LogP contribution in [0.2, 0.25) is 0 Å². The van der Waals surface area contributed by atoms with Crippen molar-refractivity contribution in [2.24, 2.45) is 11.8 Å². The molecule has 3 saturated carbocycles. The summed E-state index contributed by atoms with van der Waals surface area (Å²) in [5.74, 6) is 2.15. The molecule has 0 aromatic carbocycles. The quantitative estimate of drug-likeness (QED) is 0.684. The molecule has 1 nitrogen and oxygen atoms in total. The second kappa shape index (κ2) is 4.45. The van der Waals surface area contributed by atoms with Gasteiger partial charge in [-0.1, -0.05) is 32.1 Å². The number of fused-ring (bicyclic) bond motifs is 2.